The van der Waals surface area contributed by atoms with E-state index in [2.05, 4.69) is 27.2 Å². The van der Waals surface area contributed by atoms with E-state index in [1.54, 1.807) is 22.2 Å². The van der Waals surface area contributed by atoms with Crippen LogP contribution in [0, 0.1) is 6.92 Å². The molecule has 5 nitrogen and oxygen atoms in total. The number of Topliss-reactive ketones (excluding diaryl/α,β-unsaturated/α-hetero) is 1. The van der Waals surface area contributed by atoms with Crippen LogP contribution in [0.1, 0.15) is 15.2 Å². The Bertz CT molecular complexity index is 1070. The van der Waals surface area contributed by atoms with Crippen LogP contribution in [-0.2, 0) is 7.05 Å². The van der Waals surface area contributed by atoms with Crippen molar-refractivity contribution < 1.29 is 4.79 Å². The lowest BCUT2D eigenvalue weighted by molar-refractivity contribution is 0.102. The second-order valence-electron chi connectivity index (χ2n) is 5.45. The van der Waals surface area contributed by atoms with Crippen molar-refractivity contribution in [3.05, 3.63) is 47.2 Å². The van der Waals surface area contributed by atoms with E-state index in [0.717, 1.165) is 36.6 Å². The molecule has 24 heavy (non-hydrogen) atoms. The number of thioether (sulfide) groups is 1. The van der Waals surface area contributed by atoms with Crippen LogP contribution in [-0.4, -0.2) is 31.3 Å². The molecule has 0 aliphatic heterocycles. The highest BCUT2D eigenvalue weighted by atomic mass is 32.2. The molecule has 0 spiro atoms. The van der Waals surface area contributed by atoms with Gasteiger partial charge in [0.1, 0.15) is 11.4 Å². The standard InChI is InChI=1S/C17H14N4OS2/c1-10-11-5-3-4-6-14(11)24-15(10)13(22)8-23-17-12-7-20-21(2)16(12)18-9-19-17/h3-7,9H,8H2,1-2H3. The van der Waals surface area contributed by atoms with E-state index in [9.17, 15) is 4.79 Å². The summed E-state index contributed by atoms with van der Waals surface area (Å²) in [6, 6.07) is 8.13. The van der Waals surface area contributed by atoms with E-state index in [4.69, 9.17) is 0 Å². The highest BCUT2D eigenvalue weighted by Gasteiger charge is 2.17. The second kappa shape index (κ2) is 5.99. The molecule has 0 unspecified atom stereocenters. The number of hydrogen-bond acceptors (Lipinski definition) is 6. The van der Waals surface area contributed by atoms with Crippen LogP contribution in [0.15, 0.2) is 41.8 Å². The van der Waals surface area contributed by atoms with Crippen LogP contribution >= 0.6 is 23.1 Å². The Morgan fingerprint density at radius 1 is 1.25 bits per heavy atom. The third kappa shape index (κ3) is 2.50. The molecule has 0 atom stereocenters. The van der Waals surface area contributed by atoms with Gasteiger partial charge < -0.3 is 0 Å². The molecule has 7 heteroatoms. The largest absolute Gasteiger partial charge is 0.292 e. The number of carbonyl (C=O) groups is 1. The number of benzene rings is 1. The van der Waals surface area contributed by atoms with Gasteiger partial charge >= 0.3 is 0 Å². The lowest BCUT2D eigenvalue weighted by Crippen LogP contribution is -2.02. The summed E-state index contributed by atoms with van der Waals surface area (Å²) >= 11 is 3.00. The van der Waals surface area contributed by atoms with Crippen molar-refractivity contribution in [2.45, 2.75) is 11.9 Å². The predicted molar refractivity (Wildman–Crippen MR) is 97.9 cm³/mol. The zero-order valence-corrected chi connectivity index (χ0v) is 14.8. The van der Waals surface area contributed by atoms with Gasteiger partial charge in [-0.15, -0.1) is 11.3 Å². The average Bonchev–Trinajstić information content (AvgIpc) is 3.15. The van der Waals surface area contributed by atoms with Crippen molar-refractivity contribution in [1.29, 1.82) is 0 Å². The van der Waals surface area contributed by atoms with Gasteiger partial charge in [0.15, 0.2) is 11.4 Å². The second-order valence-corrected chi connectivity index (χ2v) is 7.46. The average molecular weight is 354 g/mol. The minimum absolute atomic E-state index is 0.134. The number of ketones is 1. The van der Waals surface area contributed by atoms with Crippen molar-refractivity contribution in [1.82, 2.24) is 19.7 Å². The van der Waals surface area contributed by atoms with E-state index in [1.807, 2.05) is 26.1 Å². The molecule has 3 aromatic heterocycles. The molecule has 3 heterocycles. The molecule has 120 valence electrons. The van der Waals surface area contributed by atoms with E-state index < -0.39 is 0 Å². The fraction of sp³-hybridized carbons (Fsp3) is 0.176. The Kier molecular flexibility index (Phi) is 3.82. The molecule has 0 radical (unpaired) electrons. The molecule has 0 aliphatic rings. The Hall–Kier alpha value is -2.25. The molecule has 0 bridgehead atoms. The number of aryl methyl sites for hydroxylation is 2. The van der Waals surface area contributed by atoms with Gasteiger partial charge in [0.2, 0.25) is 0 Å². The molecule has 4 aromatic rings. The lowest BCUT2D eigenvalue weighted by Gasteiger charge is -2.02. The zero-order chi connectivity index (χ0) is 16.7. The van der Waals surface area contributed by atoms with Crippen LogP contribution in [0.2, 0.25) is 0 Å². The van der Waals surface area contributed by atoms with Crippen molar-refractivity contribution in [2.75, 3.05) is 5.75 Å². The Labute approximate surface area is 146 Å². The maximum absolute atomic E-state index is 12.7. The van der Waals surface area contributed by atoms with Gasteiger partial charge in [-0.05, 0) is 23.9 Å². The number of thiophene rings is 1. The highest BCUT2D eigenvalue weighted by molar-refractivity contribution is 8.00. The molecule has 0 N–H and O–H groups in total. The third-order valence-electron chi connectivity index (χ3n) is 3.93. The van der Waals surface area contributed by atoms with Gasteiger partial charge in [0.05, 0.1) is 22.2 Å². The first kappa shape index (κ1) is 15.3. The van der Waals surface area contributed by atoms with Gasteiger partial charge in [-0.1, -0.05) is 30.0 Å². The van der Waals surface area contributed by atoms with Gasteiger partial charge in [0.25, 0.3) is 0 Å². The molecular formula is C17H14N4OS2. The SMILES string of the molecule is Cc1c(C(=O)CSc2ncnc3c2cnn3C)sc2ccccc12. The first-order chi connectivity index (χ1) is 11.6. The molecule has 0 saturated carbocycles. The summed E-state index contributed by atoms with van der Waals surface area (Å²) in [7, 11) is 1.84. The maximum Gasteiger partial charge on any atom is 0.183 e. The molecule has 0 saturated heterocycles. The number of carbonyl (C=O) groups excluding carboxylic acids is 1. The smallest absolute Gasteiger partial charge is 0.183 e. The first-order valence-electron chi connectivity index (χ1n) is 7.42. The predicted octanol–water partition coefficient (Wildman–Crippen LogP) is 3.86. The fourth-order valence-corrected chi connectivity index (χ4v) is 4.77. The van der Waals surface area contributed by atoms with Gasteiger partial charge in [-0.25, -0.2) is 9.97 Å². The zero-order valence-electron chi connectivity index (χ0n) is 13.2. The maximum atomic E-state index is 12.7. The van der Waals surface area contributed by atoms with Crippen LogP contribution in [0.3, 0.4) is 0 Å². The van der Waals surface area contributed by atoms with E-state index in [1.165, 1.54) is 18.1 Å². The summed E-state index contributed by atoms with van der Waals surface area (Å²) in [5, 5.41) is 7.03. The first-order valence-corrected chi connectivity index (χ1v) is 9.22. The van der Waals surface area contributed by atoms with Gasteiger partial charge in [0, 0.05) is 11.7 Å². The number of hydrogen-bond donors (Lipinski definition) is 0. The van der Waals surface area contributed by atoms with Crippen molar-refractivity contribution in [3.63, 3.8) is 0 Å². The van der Waals surface area contributed by atoms with Crippen molar-refractivity contribution >= 4 is 50.0 Å². The van der Waals surface area contributed by atoms with Crippen molar-refractivity contribution in [2.24, 2.45) is 7.05 Å². The summed E-state index contributed by atoms with van der Waals surface area (Å²) in [5.41, 5.74) is 1.84. The van der Waals surface area contributed by atoms with E-state index >= 15 is 0 Å². The topological polar surface area (TPSA) is 60.7 Å². The minimum atomic E-state index is 0.134. The summed E-state index contributed by atoms with van der Waals surface area (Å²) < 4.78 is 2.86. The summed E-state index contributed by atoms with van der Waals surface area (Å²) in [5.74, 6) is 0.489. The Morgan fingerprint density at radius 3 is 2.92 bits per heavy atom. The van der Waals surface area contributed by atoms with Crippen molar-refractivity contribution in [3.8, 4) is 0 Å². The van der Waals surface area contributed by atoms with E-state index in [0.29, 0.717) is 5.75 Å². The number of aromatic nitrogens is 4. The third-order valence-corrected chi connectivity index (χ3v) is 6.25. The summed E-state index contributed by atoms with van der Waals surface area (Å²) in [6.07, 6.45) is 3.26. The lowest BCUT2D eigenvalue weighted by atomic mass is 10.1. The van der Waals surface area contributed by atoms with E-state index in [-0.39, 0.29) is 5.78 Å². The molecule has 1 aromatic carbocycles. The molecule has 4 rings (SSSR count). The summed E-state index contributed by atoms with van der Waals surface area (Å²) in [4.78, 5) is 22.0. The number of nitrogens with zero attached hydrogens (tertiary/aromatic N) is 4. The summed E-state index contributed by atoms with van der Waals surface area (Å²) in [6.45, 7) is 2.01. The Morgan fingerprint density at radius 2 is 2.08 bits per heavy atom. The quantitative estimate of drug-likeness (QED) is 0.316. The number of fused-ring (bicyclic) bond motifs is 2. The molecule has 0 amide bonds. The monoisotopic (exact) mass is 354 g/mol. The van der Waals surface area contributed by atoms with Crippen LogP contribution in [0.25, 0.3) is 21.1 Å². The molecule has 0 fully saturated rings. The van der Waals surface area contributed by atoms with Gasteiger partial charge in [-0.3, -0.25) is 9.48 Å². The van der Waals surface area contributed by atoms with Gasteiger partial charge in [-0.2, -0.15) is 5.10 Å². The molecule has 0 aliphatic carbocycles. The molecular weight excluding hydrogens is 340 g/mol. The fourth-order valence-electron chi connectivity index (χ4n) is 2.70. The van der Waals surface area contributed by atoms with Crippen LogP contribution < -0.4 is 0 Å². The number of rotatable bonds is 4. The normalized spacial score (nSPS) is 11.4. The highest BCUT2D eigenvalue weighted by Crippen LogP contribution is 2.32. The minimum Gasteiger partial charge on any atom is -0.292 e. The van der Waals surface area contributed by atoms with Crippen LogP contribution in [0.5, 0.6) is 0 Å². The Balaban J connectivity index is 1.60. The van der Waals surface area contributed by atoms with Crippen LogP contribution in [0.4, 0.5) is 0 Å².